The van der Waals surface area contributed by atoms with Crippen LogP contribution in [0.1, 0.15) is 0 Å². The predicted octanol–water partition coefficient (Wildman–Crippen LogP) is 2.84. The third-order valence-electron chi connectivity index (χ3n) is 3.18. The Bertz CT molecular complexity index is 823. The van der Waals surface area contributed by atoms with Crippen LogP contribution in [0.4, 0.5) is 5.69 Å². The van der Waals surface area contributed by atoms with Gasteiger partial charge in [0.2, 0.25) is 5.91 Å². The molecule has 126 valence electrons. The molecular weight excluding hydrogens is 348 g/mol. The van der Waals surface area contributed by atoms with Crippen molar-refractivity contribution in [3.8, 4) is 0 Å². The van der Waals surface area contributed by atoms with Gasteiger partial charge in [0.15, 0.2) is 0 Å². The molecule has 5 nitrogen and oxygen atoms in total. The minimum absolute atomic E-state index is 0.0847. The number of benzene rings is 2. The van der Waals surface area contributed by atoms with Crippen molar-refractivity contribution in [3.63, 3.8) is 0 Å². The zero-order valence-corrected chi connectivity index (χ0v) is 14.4. The zero-order chi connectivity index (χ0) is 17.6. The number of para-hydroxylation sites is 1. The average molecular weight is 365 g/mol. The molecule has 0 bridgehead atoms. The normalized spacial score (nSPS) is 10.9. The van der Waals surface area contributed by atoms with Gasteiger partial charge in [-0.3, -0.25) is 9.10 Å². The Morgan fingerprint density at radius 2 is 1.75 bits per heavy atom. The highest BCUT2D eigenvalue weighted by Crippen LogP contribution is 2.30. The van der Waals surface area contributed by atoms with Gasteiger partial charge in [0.05, 0.1) is 15.6 Å². The lowest BCUT2D eigenvalue weighted by molar-refractivity contribution is -0.119. The number of anilines is 1. The molecule has 0 spiro atoms. The van der Waals surface area contributed by atoms with Crippen molar-refractivity contribution in [2.45, 2.75) is 4.90 Å². The average Bonchev–Trinajstić information content (AvgIpc) is 2.59. The lowest BCUT2D eigenvalue weighted by Crippen LogP contribution is -2.41. The van der Waals surface area contributed by atoms with Gasteiger partial charge in [-0.1, -0.05) is 48.0 Å². The standard InChI is InChI=1S/C17H17ClN2O3S/c1-2-12-19-17(21)13-20(16-11-7-6-10-15(16)18)24(22,23)14-8-4-3-5-9-14/h2-11H,1,12-13H2,(H,19,21). The minimum atomic E-state index is -3.93. The highest BCUT2D eigenvalue weighted by molar-refractivity contribution is 7.92. The molecule has 24 heavy (non-hydrogen) atoms. The topological polar surface area (TPSA) is 66.5 Å². The molecule has 0 aliphatic carbocycles. The van der Waals surface area contributed by atoms with Crippen LogP contribution < -0.4 is 9.62 Å². The number of carbonyl (C=O) groups excluding carboxylic acids is 1. The molecule has 0 saturated heterocycles. The van der Waals surface area contributed by atoms with E-state index in [9.17, 15) is 13.2 Å². The fourth-order valence-electron chi connectivity index (χ4n) is 2.05. The number of sulfonamides is 1. The molecule has 0 atom stereocenters. The number of rotatable bonds is 7. The van der Waals surface area contributed by atoms with Crippen LogP contribution >= 0.6 is 11.6 Å². The Morgan fingerprint density at radius 1 is 1.12 bits per heavy atom. The smallest absolute Gasteiger partial charge is 0.264 e. The van der Waals surface area contributed by atoms with Crippen molar-refractivity contribution >= 4 is 33.2 Å². The number of hydrogen-bond donors (Lipinski definition) is 1. The number of carbonyl (C=O) groups is 1. The first-order valence-electron chi connectivity index (χ1n) is 7.16. The summed E-state index contributed by atoms with van der Waals surface area (Å²) in [6.07, 6.45) is 1.52. The van der Waals surface area contributed by atoms with Gasteiger partial charge in [-0.15, -0.1) is 6.58 Å². The second-order valence-corrected chi connectivity index (χ2v) is 7.14. The summed E-state index contributed by atoms with van der Waals surface area (Å²) in [4.78, 5) is 12.2. The van der Waals surface area contributed by atoms with Crippen LogP contribution in [0.25, 0.3) is 0 Å². The lowest BCUT2D eigenvalue weighted by Gasteiger charge is -2.24. The van der Waals surface area contributed by atoms with E-state index < -0.39 is 15.9 Å². The Balaban J connectivity index is 2.45. The third-order valence-corrected chi connectivity index (χ3v) is 5.28. The summed E-state index contributed by atoms with van der Waals surface area (Å²) < 4.78 is 26.9. The number of halogens is 1. The fourth-order valence-corrected chi connectivity index (χ4v) is 3.79. The first-order valence-corrected chi connectivity index (χ1v) is 8.98. The molecule has 0 aliphatic rings. The first kappa shape index (κ1) is 18.0. The maximum atomic E-state index is 13.0. The van der Waals surface area contributed by atoms with Gasteiger partial charge in [-0.05, 0) is 24.3 Å². The maximum absolute atomic E-state index is 13.0. The highest BCUT2D eigenvalue weighted by Gasteiger charge is 2.28. The van der Waals surface area contributed by atoms with Crippen LogP contribution in [-0.4, -0.2) is 27.4 Å². The van der Waals surface area contributed by atoms with E-state index in [-0.39, 0.29) is 28.7 Å². The molecule has 0 heterocycles. The van der Waals surface area contributed by atoms with E-state index in [4.69, 9.17) is 11.6 Å². The van der Waals surface area contributed by atoms with Crippen LogP contribution in [0, 0.1) is 0 Å². The van der Waals surface area contributed by atoms with Gasteiger partial charge in [0.1, 0.15) is 6.54 Å². The van der Waals surface area contributed by atoms with Gasteiger partial charge < -0.3 is 5.32 Å². The predicted molar refractivity (Wildman–Crippen MR) is 95.6 cm³/mol. The second kappa shape index (κ2) is 7.99. The van der Waals surface area contributed by atoms with Crippen molar-refractivity contribution in [1.82, 2.24) is 5.32 Å². The van der Waals surface area contributed by atoms with E-state index >= 15 is 0 Å². The summed E-state index contributed by atoms with van der Waals surface area (Å²) in [6.45, 7) is 3.38. The van der Waals surface area contributed by atoms with Crippen molar-refractivity contribution in [1.29, 1.82) is 0 Å². The van der Waals surface area contributed by atoms with Gasteiger partial charge in [0.25, 0.3) is 10.0 Å². The monoisotopic (exact) mass is 364 g/mol. The summed E-state index contributed by atoms with van der Waals surface area (Å²) >= 11 is 6.15. The quantitative estimate of drug-likeness (QED) is 0.768. The molecule has 0 radical (unpaired) electrons. The number of nitrogens with one attached hydrogen (secondary N) is 1. The summed E-state index contributed by atoms with van der Waals surface area (Å²) in [7, 11) is -3.93. The van der Waals surface area contributed by atoms with Gasteiger partial charge in [0, 0.05) is 6.54 Å². The largest absolute Gasteiger partial charge is 0.351 e. The number of nitrogens with zero attached hydrogens (tertiary/aromatic N) is 1. The fraction of sp³-hybridized carbons (Fsp3) is 0.118. The zero-order valence-electron chi connectivity index (χ0n) is 12.9. The summed E-state index contributed by atoms with van der Waals surface area (Å²) in [5.74, 6) is -0.450. The number of hydrogen-bond acceptors (Lipinski definition) is 3. The molecule has 0 unspecified atom stereocenters. The van der Waals surface area contributed by atoms with E-state index in [0.717, 1.165) is 4.31 Å². The second-order valence-electron chi connectivity index (χ2n) is 4.87. The van der Waals surface area contributed by atoms with Crippen molar-refractivity contribution in [2.75, 3.05) is 17.4 Å². The molecule has 7 heteroatoms. The van der Waals surface area contributed by atoms with E-state index in [1.54, 1.807) is 42.5 Å². The summed E-state index contributed by atoms with van der Waals surface area (Å²) in [5.41, 5.74) is 0.247. The third kappa shape index (κ3) is 4.15. The van der Waals surface area contributed by atoms with Crippen LogP contribution in [-0.2, 0) is 14.8 Å². The van der Waals surface area contributed by atoms with Gasteiger partial charge in [-0.2, -0.15) is 0 Å². The maximum Gasteiger partial charge on any atom is 0.264 e. The van der Waals surface area contributed by atoms with E-state index in [1.165, 1.54) is 18.2 Å². The molecule has 0 fully saturated rings. The van der Waals surface area contributed by atoms with E-state index in [1.807, 2.05) is 0 Å². The van der Waals surface area contributed by atoms with Crippen LogP contribution in [0.3, 0.4) is 0 Å². The summed E-state index contributed by atoms with van der Waals surface area (Å²) in [5, 5.41) is 2.81. The molecule has 0 saturated carbocycles. The molecule has 0 aliphatic heterocycles. The lowest BCUT2D eigenvalue weighted by atomic mass is 10.3. The van der Waals surface area contributed by atoms with Crippen molar-refractivity contribution in [2.24, 2.45) is 0 Å². The Kier molecular flexibility index (Phi) is 6.00. The van der Waals surface area contributed by atoms with Crippen LogP contribution in [0.5, 0.6) is 0 Å². The molecule has 2 aromatic rings. The molecule has 1 N–H and O–H groups in total. The SMILES string of the molecule is C=CCNC(=O)CN(c1ccccc1Cl)S(=O)(=O)c1ccccc1. The molecule has 0 aromatic heterocycles. The number of amides is 1. The van der Waals surface area contributed by atoms with E-state index in [0.29, 0.717) is 0 Å². The molecule has 2 rings (SSSR count). The Labute approximate surface area is 146 Å². The molecule has 2 aromatic carbocycles. The van der Waals surface area contributed by atoms with E-state index in [2.05, 4.69) is 11.9 Å². The molecular formula is C17H17ClN2O3S. The van der Waals surface area contributed by atoms with Crippen molar-refractivity contribution < 1.29 is 13.2 Å². The Morgan fingerprint density at radius 3 is 2.38 bits per heavy atom. The molecule has 1 amide bonds. The van der Waals surface area contributed by atoms with Gasteiger partial charge >= 0.3 is 0 Å². The highest BCUT2D eigenvalue weighted by atomic mass is 35.5. The van der Waals surface area contributed by atoms with Gasteiger partial charge in [-0.25, -0.2) is 8.42 Å². The Hall–Kier alpha value is -2.31. The summed E-state index contributed by atoms with van der Waals surface area (Å²) in [6, 6.07) is 14.4. The van der Waals surface area contributed by atoms with Crippen molar-refractivity contribution in [3.05, 3.63) is 72.3 Å². The van der Waals surface area contributed by atoms with Crippen LogP contribution in [0.2, 0.25) is 5.02 Å². The van der Waals surface area contributed by atoms with Crippen LogP contribution in [0.15, 0.2) is 72.1 Å². The minimum Gasteiger partial charge on any atom is -0.351 e. The first-order chi connectivity index (χ1) is 11.5.